The molecular weight excluding hydrogens is 734 g/mol. The number of aliphatic hydroxyl groups is 2. The third kappa shape index (κ3) is 9.54. The van der Waals surface area contributed by atoms with Gasteiger partial charge in [0.15, 0.2) is 11.5 Å². The van der Waals surface area contributed by atoms with E-state index in [0.29, 0.717) is 38.7 Å². The van der Waals surface area contributed by atoms with Crippen LogP contribution in [0.4, 0.5) is 4.39 Å². The summed E-state index contributed by atoms with van der Waals surface area (Å²) in [7, 11) is 1.43. The van der Waals surface area contributed by atoms with Crippen LogP contribution in [0.15, 0.2) is 48.0 Å². The van der Waals surface area contributed by atoms with Crippen LogP contribution in [0.1, 0.15) is 62.4 Å². The number of amides is 2. The molecule has 48 heavy (non-hydrogen) atoms. The van der Waals surface area contributed by atoms with Gasteiger partial charge in [-0.1, -0.05) is 39.3 Å². The standard InChI is InChI=1S/C36H46FIN2O8/c1-21(2)27-10-5-22(3)13-30(27)47-20-33(43)40(18-23-6-8-26(37)9-7-23)29-16-25(36(45)39-11-12-41)17-31(34(29)44)48-35-28(38)14-24(19-42)15-32(35)46-4/h6-9,14-15,17,19,21-22,27,29-31,34,41,44H,5,10-13,16,18,20H2,1-4H3,(H,39,45)/t22-,27+,29+,30-,31-,34-/m0/s1. The van der Waals surface area contributed by atoms with Gasteiger partial charge in [-0.05, 0) is 89.1 Å². The van der Waals surface area contributed by atoms with Crippen LogP contribution in [-0.2, 0) is 20.9 Å². The number of halogens is 2. The first-order valence-electron chi connectivity index (χ1n) is 16.4. The number of nitrogens with zero attached hydrogens (tertiary/aromatic N) is 1. The van der Waals surface area contributed by atoms with Crippen LogP contribution >= 0.6 is 22.6 Å². The fourth-order valence-corrected chi connectivity index (χ4v) is 7.33. The first-order chi connectivity index (χ1) is 22.9. The first-order valence-corrected chi connectivity index (χ1v) is 17.5. The van der Waals surface area contributed by atoms with Crippen LogP contribution in [0, 0.1) is 27.1 Å². The molecule has 262 valence electrons. The van der Waals surface area contributed by atoms with Crippen LogP contribution in [0.5, 0.6) is 11.5 Å². The predicted molar refractivity (Wildman–Crippen MR) is 186 cm³/mol. The predicted octanol–water partition coefficient (Wildman–Crippen LogP) is 4.67. The van der Waals surface area contributed by atoms with Crippen molar-refractivity contribution in [3.05, 3.63) is 68.6 Å². The van der Waals surface area contributed by atoms with E-state index >= 15 is 0 Å². The molecule has 1 saturated carbocycles. The first kappa shape index (κ1) is 37.7. The number of methoxy groups -OCH3 is 1. The van der Waals surface area contributed by atoms with Gasteiger partial charge in [-0.25, -0.2) is 4.39 Å². The molecule has 0 radical (unpaired) electrons. The average Bonchev–Trinajstić information content (AvgIpc) is 3.07. The maximum Gasteiger partial charge on any atom is 0.249 e. The van der Waals surface area contributed by atoms with E-state index < -0.39 is 30.0 Å². The van der Waals surface area contributed by atoms with E-state index in [9.17, 15) is 29.0 Å². The van der Waals surface area contributed by atoms with Crippen molar-refractivity contribution in [3.63, 3.8) is 0 Å². The third-order valence-corrected chi connectivity index (χ3v) is 10.0. The topological polar surface area (TPSA) is 135 Å². The van der Waals surface area contributed by atoms with Crippen LogP contribution in [0.3, 0.4) is 0 Å². The van der Waals surface area contributed by atoms with Gasteiger partial charge in [0.05, 0.1) is 29.4 Å². The van der Waals surface area contributed by atoms with E-state index in [4.69, 9.17) is 14.2 Å². The number of ether oxygens (including phenoxy) is 3. The van der Waals surface area contributed by atoms with E-state index in [1.165, 1.54) is 36.3 Å². The highest BCUT2D eigenvalue weighted by molar-refractivity contribution is 14.1. The summed E-state index contributed by atoms with van der Waals surface area (Å²) in [6.45, 7) is 6.04. The van der Waals surface area contributed by atoms with E-state index in [1.807, 2.05) is 22.6 Å². The van der Waals surface area contributed by atoms with Gasteiger partial charge in [0, 0.05) is 30.6 Å². The van der Waals surface area contributed by atoms with Crippen molar-refractivity contribution < 1.29 is 43.2 Å². The normalized spacial score (nSPS) is 24.1. The lowest BCUT2D eigenvalue weighted by molar-refractivity contribution is -0.149. The van der Waals surface area contributed by atoms with Crippen molar-refractivity contribution in [3.8, 4) is 11.5 Å². The Morgan fingerprint density at radius 3 is 2.56 bits per heavy atom. The van der Waals surface area contributed by atoms with Gasteiger partial charge in [-0.3, -0.25) is 14.4 Å². The molecule has 0 bridgehead atoms. The highest BCUT2D eigenvalue weighted by atomic mass is 127. The fourth-order valence-electron chi connectivity index (χ4n) is 6.58. The maximum absolute atomic E-state index is 14.2. The third-order valence-electron chi connectivity index (χ3n) is 9.23. The molecule has 0 spiro atoms. The molecule has 12 heteroatoms. The number of aliphatic hydroxyl groups excluding tert-OH is 2. The SMILES string of the molecule is COc1cc(C=O)cc(I)c1O[C@H]1C=C(C(=O)NCCO)C[C@@H](N(Cc2ccc(F)cc2)C(=O)CO[C@H]2C[C@@H](C)CC[C@@H]2C(C)C)[C@@H]1O. The summed E-state index contributed by atoms with van der Waals surface area (Å²) in [5.41, 5.74) is 1.25. The Morgan fingerprint density at radius 2 is 1.92 bits per heavy atom. The number of aldehydes is 1. The quantitative estimate of drug-likeness (QED) is 0.186. The Hall–Kier alpha value is -3.07. The summed E-state index contributed by atoms with van der Waals surface area (Å²) in [5.74, 6) is 0.391. The van der Waals surface area contributed by atoms with Gasteiger partial charge in [0.1, 0.15) is 30.9 Å². The van der Waals surface area contributed by atoms with Gasteiger partial charge in [-0.15, -0.1) is 0 Å². The molecule has 2 amide bonds. The summed E-state index contributed by atoms with van der Waals surface area (Å²) in [6.07, 6.45) is 2.62. The minimum atomic E-state index is -1.31. The summed E-state index contributed by atoms with van der Waals surface area (Å²) in [6, 6.07) is 7.93. The van der Waals surface area contributed by atoms with Crippen molar-refractivity contribution in [2.45, 2.75) is 77.4 Å². The molecule has 1 fully saturated rings. The molecule has 0 unspecified atom stereocenters. The largest absolute Gasteiger partial charge is 0.493 e. The second kappa shape index (κ2) is 17.5. The molecular formula is C36H46FIN2O8. The number of benzene rings is 2. The highest BCUT2D eigenvalue weighted by Crippen LogP contribution is 2.38. The molecule has 0 aliphatic heterocycles. The zero-order valence-electron chi connectivity index (χ0n) is 27.9. The van der Waals surface area contributed by atoms with Gasteiger partial charge >= 0.3 is 0 Å². The Morgan fingerprint density at radius 1 is 1.19 bits per heavy atom. The second-order valence-corrected chi connectivity index (χ2v) is 14.2. The lowest BCUT2D eigenvalue weighted by atomic mass is 9.75. The lowest BCUT2D eigenvalue weighted by Gasteiger charge is -2.41. The Labute approximate surface area is 295 Å². The van der Waals surface area contributed by atoms with Crippen molar-refractivity contribution >= 4 is 40.7 Å². The van der Waals surface area contributed by atoms with Gasteiger partial charge < -0.3 is 34.6 Å². The fraction of sp³-hybridized carbons (Fsp3) is 0.528. The molecule has 10 nitrogen and oxygen atoms in total. The molecule has 2 aliphatic rings. The van der Waals surface area contributed by atoms with Crippen LogP contribution in [-0.4, -0.2) is 84.4 Å². The Balaban J connectivity index is 1.69. The molecule has 2 aromatic rings. The maximum atomic E-state index is 14.2. The highest BCUT2D eigenvalue weighted by Gasteiger charge is 2.41. The molecule has 3 N–H and O–H groups in total. The number of rotatable bonds is 14. The molecule has 0 aromatic heterocycles. The monoisotopic (exact) mass is 780 g/mol. The number of hydrogen-bond acceptors (Lipinski definition) is 8. The average molecular weight is 781 g/mol. The van der Waals surface area contributed by atoms with Crippen LogP contribution in [0.2, 0.25) is 0 Å². The van der Waals surface area contributed by atoms with Crippen LogP contribution < -0.4 is 14.8 Å². The Bertz CT molecular complexity index is 1450. The minimum Gasteiger partial charge on any atom is -0.493 e. The molecule has 0 saturated heterocycles. The Kier molecular flexibility index (Phi) is 13.8. The number of hydrogen-bond donors (Lipinski definition) is 3. The van der Waals surface area contributed by atoms with Gasteiger partial charge in [0.25, 0.3) is 0 Å². The van der Waals surface area contributed by atoms with E-state index in [1.54, 1.807) is 18.2 Å². The van der Waals surface area contributed by atoms with Gasteiger partial charge in [-0.2, -0.15) is 0 Å². The molecule has 2 aliphatic carbocycles. The second-order valence-electron chi connectivity index (χ2n) is 13.0. The van der Waals surface area contributed by atoms with E-state index in [2.05, 4.69) is 26.1 Å². The summed E-state index contributed by atoms with van der Waals surface area (Å²) in [5, 5.41) is 23.9. The minimum absolute atomic E-state index is 0.0106. The van der Waals surface area contributed by atoms with Crippen LogP contribution in [0.25, 0.3) is 0 Å². The molecule has 0 heterocycles. The van der Waals surface area contributed by atoms with E-state index in [0.717, 1.165) is 19.3 Å². The smallest absolute Gasteiger partial charge is 0.249 e. The zero-order valence-corrected chi connectivity index (χ0v) is 30.0. The van der Waals surface area contributed by atoms with Crippen molar-refractivity contribution in [1.29, 1.82) is 0 Å². The molecule has 4 rings (SSSR count). The summed E-state index contributed by atoms with van der Waals surface area (Å²) < 4.78 is 32.5. The number of carbonyl (C=O) groups excluding carboxylic acids is 3. The summed E-state index contributed by atoms with van der Waals surface area (Å²) in [4.78, 5) is 40.4. The summed E-state index contributed by atoms with van der Waals surface area (Å²) >= 11 is 2.00. The van der Waals surface area contributed by atoms with Crippen molar-refractivity contribution in [2.24, 2.45) is 17.8 Å². The lowest BCUT2D eigenvalue weighted by Crippen LogP contribution is -2.55. The number of carbonyl (C=O) groups is 3. The molecule has 2 aromatic carbocycles. The van der Waals surface area contributed by atoms with Crippen molar-refractivity contribution in [1.82, 2.24) is 10.2 Å². The van der Waals surface area contributed by atoms with Crippen molar-refractivity contribution in [2.75, 3.05) is 26.9 Å². The zero-order chi connectivity index (χ0) is 35.0. The molecule has 6 atom stereocenters. The number of nitrogens with one attached hydrogen (secondary N) is 1. The van der Waals surface area contributed by atoms with E-state index in [-0.39, 0.29) is 61.8 Å². The van der Waals surface area contributed by atoms with Gasteiger partial charge in [0.2, 0.25) is 11.8 Å².